The highest BCUT2D eigenvalue weighted by atomic mass is 16.2. The Kier molecular flexibility index (Phi) is 3.78. The molecule has 0 aromatic carbocycles. The minimum absolute atomic E-state index is 0.241. The van der Waals surface area contributed by atoms with Crippen LogP contribution >= 0.6 is 0 Å². The third-order valence-electron chi connectivity index (χ3n) is 1.93. The second-order valence-electron chi connectivity index (χ2n) is 5.65. The Labute approximate surface area is 91.1 Å². The van der Waals surface area contributed by atoms with Gasteiger partial charge in [-0.1, -0.05) is 41.5 Å². The van der Waals surface area contributed by atoms with Crippen molar-refractivity contribution >= 4 is 17.4 Å². The van der Waals surface area contributed by atoms with Gasteiger partial charge in [-0.3, -0.25) is 15.5 Å². The van der Waals surface area contributed by atoms with Crippen molar-refractivity contribution in [2.24, 2.45) is 10.8 Å². The van der Waals surface area contributed by atoms with Crippen molar-refractivity contribution in [2.75, 3.05) is 0 Å². The van der Waals surface area contributed by atoms with E-state index in [1.807, 2.05) is 0 Å². The zero-order valence-corrected chi connectivity index (χ0v) is 10.3. The van der Waals surface area contributed by atoms with Crippen LogP contribution in [0, 0.1) is 10.8 Å². The first-order chi connectivity index (χ1) is 6.51. The summed E-state index contributed by atoms with van der Waals surface area (Å²) in [6.07, 6.45) is 0. The normalized spacial score (nSPS) is 11.9. The molecule has 15 heavy (non-hydrogen) atoms. The maximum Gasteiger partial charge on any atom is 0.177 e. The molecule has 84 valence electrons. The van der Waals surface area contributed by atoms with Crippen LogP contribution in [0.4, 0.5) is 0 Å². The molecule has 0 radical (unpaired) electrons. The Balaban J connectivity index is 5.26. The number of ketones is 2. The highest BCUT2D eigenvalue weighted by Gasteiger charge is 2.33. The van der Waals surface area contributed by atoms with Crippen LogP contribution < -0.4 is 0 Å². The standard InChI is InChI=1S/C12H18NO2/c1-11(2,3)9(14)8(7-13)10(15)12(4,5)6/h1-6H3/q-1. The minimum Gasteiger partial charge on any atom is -0.763 e. The van der Waals surface area contributed by atoms with E-state index in [1.165, 1.54) is 0 Å². The summed E-state index contributed by atoms with van der Waals surface area (Å²) in [5.41, 5.74) is -1.62. The van der Waals surface area contributed by atoms with E-state index in [9.17, 15) is 9.59 Å². The lowest BCUT2D eigenvalue weighted by Crippen LogP contribution is -2.32. The molecule has 0 rings (SSSR count). The van der Waals surface area contributed by atoms with Crippen LogP contribution in [0.1, 0.15) is 41.5 Å². The molecule has 0 aliphatic carbocycles. The smallest absolute Gasteiger partial charge is 0.177 e. The molecule has 0 aromatic rings. The molecule has 0 fully saturated rings. The summed E-state index contributed by atoms with van der Waals surface area (Å²) in [6.45, 7) is 10.2. The van der Waals surface area contributed by atoms with Crippen LogP contribution in [-0.4, -0.2) is 17.4 Å². The van der Waals surface area contributed by atoms with E-state index in [-0.39, 0.29) is 17.1 Å². The number of hydrogen-bond acceptors (Lipinski definition) is 2. The van der Waals surface area contributed by atoms with E-state index in [0.717, 1.165) is 0 Å². The summed E-state index contributed by atoms with van der Waals surface area (Å²) < 4.78 is 0. The van der Waals surface area contributed by atoms with E-state index in [4.69, 9.17) is 5.41 Å². The molecule has 0 saturated carbocycles. The van der Waals surface area contributed by atoms with Crippen LogP contribution in [-0.2, 0) is 9.59 Å². The Morgan fingerprint density at radius 3 is 1.27 bits per heavy atom. The van der Waals surface area contributed by atoms with Gasteiger partial charge in [0.2, 0.25) is 0 Å². The van der Waals surface area contributed by atoms with E-state index in [2.05, 4.69) is 0 Å². The Bertz CT molecular complexity index is 306. The summed E-state index contributed by atoms with van der Waals surface area (Å²) in [6, 6.07) is 0. The number of rotatable bonds is 2. The first-order valence-electron chi connectivity index (χ1n) is 4.88. The molecule has 0 spiro atoms. The molecule has 0 amide bonds. The van der Waals surface area contributed by atoms with Crippen LogP contribution in [0.5, 0.6) is 0 Å². The first-order valence-corrected chi connectivity index (χ1v) is 4.88. The fourth-order valence-electron chi connectivity index (χ4n) is 0.955. The van der Waals surface area contributed by atoms with Gasteiger partial charge in [0, 0.05) is 10.8 Å². The molecule has 0 aromatic heterocycles. The summed E-state index contributed by atoms with van der Waals surface area (Å²) in [5, 5.41) is 8.86. The van der Waals surface area contributed by atoms with Gasteiger partial charge >= 0.3 is 0 Å². The lowest BCUT2D eigenvalue weighted by Gasteiger charge is -2.23. The third kappa shape index (κ3) is 3.45. The van der Waals surface area contributed by atoms with E-state index in [1.54, 1.807) is 47.4 Å². The van der Waals surface area contributed by atoms with Crippen LogP contribution in [0.3, 0.4) is 0 Å². The maximum atomic E-state index is 11.8. The molecule has 0 bridgehead atoms. The van der Waals surface area contributed by atoms with E-state index < -0.39 is 10.8 Å². The molecule has 0 N–H and O–H groups in total. The fraction of sp³-hybridized carbons (Fsp3) is 0.667. The molecule has 0 aliphatic rings. The number of nitrogens with zero attached hydrogens (tertiary/aromatic N) is 1. The molecule has 0 atom stereocenters. The largest absolute Gasteiger partial charge is 0.763 e. The molecule has 0 saturated heterocycles. The fourth-order valence-corrected chi connectivity index (χ4v) is 0.955. The number of hydrogen-bond donors (Lipinski definition) is 0. The number of carbonyl (C=O) groups is 2. The Morgan fingerprint density at radius 2 is 1.13 bits per heavy atom. The van der Waals surface area contributed by atoms with Crippen molar-refractivity contribution in [3.8, 4) is 0 Å². The van der Waals surface area contributed by atoms with Gasteiger partial charge < -0.3 is 5.41 Å². The van der Waals surface area contributed by atoms with Gasteiger partial charge in [-0.05, 0) is 0 Å². The number of allylic oxidation sites excluding steroid dienone is 1. The van der Waals surface area contributed by atoms with Crippen molar-refractivity contribution in [2.45, 2.75) is 41.5 Å². The predicted molar refractivity (Wildman–Crippen MR) is 60.8 cm³/mol. The van der Waals surface area contributed by atoms with Gasteiger partial charge in [-0.25, -0.2) is 0 Å². The first kappa shape index (κ1) is 13.8. The van der Waals surface area contributed by atoms with Crippen molar-refractivity contribution in [3.63, 3.8) is 0 Å². The summed E-state index contributed by atoms with van der Waals surface area (Å²) in [4.78, 5) is 23.6. The monoisotopic (exact) mass is 208 g/mol. The van der Waals surface area contributed by atoms with Gasteiger partial charge in [-0.15, -0.1) is 0 Å². The summed E-state index contributed by atoms with van der Waals surface area (Å²) >= 11 is 0. The van der Waals surface area contributed by atoms with Crippen molar-refractivity contribution < 1.29 is 9.59 Å². The molecule has 0 heterocycles. The lowest BCUT2D eigenvalue weighted by atomic mass is 9.79. The quantitative estimate of drug-likeness (QED) is 0.303. The van der Waals surface area contributed by atoms with Gasteiger partial charge in [0.05, 0.1) is 5.57 Å². The average Bonchev–Trinajstić information content (AvgIpc) is 2.01. The van der Waals surface area contributed by atoms with Gasteiger partial charge in [0.25, 0.3) is 0 Å². The van der Waals surface area contributed by atoms with Crippen molar-refractivity contribution in [3.05, 3.63) is 11.0 Å². The SMILES string of the molecule is CC(C)(C)C(=O)C(=C=[N-])C(=O)C(C)(C)C. The third-order valence-corrected chi connectivity index (χ3v) is 1.93. The van der Waals surface area contributed by atoms with Gasteiger partial charge in [0.1, 0.15) is 0 Å². The highest BCUT2D eigenvalue weighted by molar-refractivity contribution is 6.28. The van der Waals surface area contributed by atoms with Gasteiger partial charge in [-0.2, -0.15) is 0 Å². The topological polar surface area (TPSA) is 56.4 Å². The van der Waals surface area contributed by atoms with E-state index in [0.29, 0.717) is 0 Å². The molecule has 3 nitrogen and oxygen atoms in total. The zero-order valence-electron chi connectivity index (χ0n) is 10.3. The predicted octanol–water partition coefficient (Wildman–Crippen LogP) is 2.38. The van der Waals surface area contributed by atoms with Gasteiger partial charge in [0.15, 0.2) is 11.6 Å². The molecular formula is C12H18NO2-. The molecule has 0 unspecified atom stereocenters. The Morgan fingerprint density at radius 1 is 0.867 bits per heavy atom. The van der Waals surface area contributed by atoms with Crippen LogP contribution in [0.25, 0.3) is 5.41 Å². The molecular weight excluding hydrogens is 190 g/mol. The second kappa shape index (κ2) is 4.11. The lowest BCUT2D eigenvalue weighted by molar-refractivity contribution is -0.128. The highest BCUT2D eigenvalue weighted by Crippen LogP contribution is 2.25. The van der Waals surface area contributed by atoms with Crippen molar-refractivity contribution in [1.29, 1.82) is 0 Å². The van der Waals surface area contributed by atoms with Crippen molar-refractivity contribution in [1.82, 2.24) is 0 Å². The number of Topliss-reactive ketones (excluding diaryl/α,β-unsaturated/α-hetero) is 2. The van der Waals surface area contributed by atoms with Crippen LogP contribution in [0.15, 0.2) is 5.57 Å². The second-order valence-corrected chi connectivity index (χ2v) is 5.65. The molecule has 3 heteroatoms. The summed E-state index contributed by atoms with van der Waals surface area (Å²) in [7, 11) is 0. The minimum atomic E-state index is -0.689. The van der Waals surface area contributed by atoms with E-state index >= 15 is 0 Å². The number of carbonyl (C=O) groups excluding carboxylic acids is 2. The Hall–Kier alpha value is -1.21. The summed E-state index contributed by atoms with van der Waals surface area (Å²) in [5.74, 6) is 0.964. The maximum absolute atomic E-state index is 11.8. The molecule has 0 aliphatic heterocycles. The average molecular weight is 208 g/mol. The zero-order chi connectivity index (χ0) is 12.4. The van der Waals surface area contributed by atoms with Crippen LogP contribution in [0.2, 0.25) is 0 Å².